The monoisotopic (exact) mass is 312 g/mol. The van der Waals surface area contributed by atoms with Gasteiger partial charge in [0.15, 0.2) is 0 Å². The van der Waals surface area contributed by atoms with E-state index in [4.69, 9.17) is 5.73 Å². The molecule has 1 aromatic heterocycles. The Balaban J connectivity index is 2.10. The minimum absolute atomic E-state index is 0.0717. The van der Waals surface area contributed by atoms with Crippen LogP contribution in [0.4, 0.5) is 0 Å². The molecule has 1 heterocycles. The zero-order chi connectivity index (χ0) is 15.5. The standard InChI is InChI=1S/C14H24N4O2S/c1-18(2)14(7-3-4-8-14)11-17-21(19,20)13-6-5-12(9-15)16-10-13/h5-6,10,17H,3-4,7-9,11,15H2,1-2H3. The van der Waals surface area contributed by atoms with Crippen LogP contribution in [0.2, 0.25) is 0 Å². The van der Waals surface area contributed by atoms with E-state index >= 15 is 0 Å². The summed E-state index contributed by atoms with van der Waals surface area (Å²) in [5.41, 5.74) is 6.07. The summed E-state index contributed by atoms with van der Waals surface area (Å²) in [5.74, 6) is 0. The molecule has 6 nitrogen and oxygen atoms in total. The molecule has 1 aliphatic carbocycles. The molecule has 0 aromatic carbocycles. The van der Waals surface area contributed by atoms with Crippen LogP contribution >= 0.6 is 0 Å². The van der Waals surface area contributed by atoms with Crippen LogP contribution in [0.25, 0.3) is 0 Å². The Hall–Kier alpha value is -1.02. The molecule has 0 aliphatic heterocycles. The number of sulfonamides is 1. The van der Waals surface area contributed by atoms with E-state index in [1.807, 2.05) is 14.1 Å². The highest BCUT2D eigenvalue weighted by atomic mass is 32.2. The van der Waals surface area contributed by atoms with E-state index in [0.717, 1.165) is 25.7 Å². The van der Waals surface area contributed by atoms with Crippen molar-refractivity contribution in [2.24, 2.45) is 5.73 Å². The van der Waals surface area contributed by atoms with Gasteiger partial charge in [0.05, 0.1) is 5.69 Å². The van der Waals surface area contributed by atoms with Crippen molar-refractivity contribution in [3.63, 3.8) is 0 Å². The second kappa shape index (κ2) is 6.39. The number of nitrogens with two attached hydrogens (primary N) is 1. The normalized spacial score (nSPS) is 18.3. The lowest BCUT2D eigenvalue weighted by molar-refractivity contribution is 0.162. The summed E-state index contributed by atoms with van der Waals surface area (Å²) < 4.78 is 27.4. The van der Waals surface area contributed by atoms with E-state index in [2.05, 4.69) is 14.6 Å². The van der Waals surface area contributed by atoms with Crippen molar-refractivity contribution in [2.75, 3.05) is 20.6 Å². The highest BCUT2D eigenvalue weighted by molar-refractivity contribution is 7.89. The molecule has 0 atom stereocenters. The summed E-state index contributed by atoms with van der Waals surface area (Å²) in [6.07, 6.45) is 5.70. The molecule has 0 unspecified atom stereocenters. The Kier molecular flexibility index (Phi) is 4.98. The second-order valence-electron chi connectivity index (χ2n) is 5.84. The number of nitrogens with zero attached hydrogens (tertiary/aromatic N) is 2. The first kappa shape index (κ1) is 16.4. The molecular formula is C14H24N4O2S. The van der Waals surface area contributed by atoms with E-state index < -0.39 is 10.0 Å². The third-order valence-electron chi connectivity index (χ3n) is 4.39. The Labute approximate surface area is 126 Å². The minimum Gasteiger partial charge on any atom is -0.325 e. The highest BCUT2D eigenvalue weighted by Crippen LogP contribution is 2.33. The van der Waals surface area contributed by atoms with Crippen LogP contribution in [0, 0.1) is 0 Å². The molecule has 118 valence electrons. The average Bonchev–Trinajstić information content (AvgIpc) is 2.96. The van der Waals surface area contributed by atoms with E-state index in [9.17, 15) is 8.42 Å². The molecule has 3 N–H and O–H groups in total. The molecule has 0 saturated heterocycles. The van der Waals surface area contributed by atoms with Crippen LogP contribution in [0.3, 0.4) is 0 Å². The molecule has 1 aliphatic rings. The van der Waals surface area contributed by atoms with E-state index in [1.165, 1.54) is 6.20 Å². The van der Waals surface area contributed by atoms with Crippen LogP contribution in [0.5, 0.6) is 0 Å². The molecule has 1 aromatic rings. The van der Waals surface area contributed by atoms with Crippen molar-refractivity contribution in [1.29, 1.82) is 0 Å². The smallest absolute Gasteiger partial charge is 0.242 e. The van der Waals surface area contributed by atoms with Crippen molar-refractivity contribution < 1.29 is 8.42 Å². The summed E-state index contributed by atoms with van der Waals surface area (Å²) in [4.78, 5) is 6.36. The molecule has 7 heteroatoms. The Morgan fingerprint density at radius 3 is 2.48 bits per heavy atom. The quantitative estimate of drug-likeness (QED) is 0.807. The van der Waals surface area contributed by atoms with Crippen LogP contribution < -0.4 is 10.5 Å². The van der Waals surface area contributed by atoms with Crippen LogP contribution in [0.15, 0.2) is 23.2 Å². The number of pyridine rings is 1. The summed E-state index contributed by atoms with van der Waals surface area (Å²) >= 11 is 0. The lowest BCUT2D eigenvalue weighted by atomic mass is 9.97. The summed E-state index contributed by atoms with van der Waals surface area (Å²) in [6, 6.07) is 3.19. The van der Waals surface area contributed by atoms with Gasteiger partial charge in [-0.3, -0.25) is 4.98 Å². The van der Waals surface area contributed by atoms with E-state index in [-0.39, 0.29) is 10.4 Å². The maximum atomic E-state index is 12.4. The fourth-order valence-electron chi connectivity index (χ4n) is 2.82. The number of rotatable bonds is 6. The van der Waals surface area contributed by atoms with E-state index in [0.29, 0.717) is 18.8 Å². The first-order chi connectivity index (χ1) is 9.89. The molecule has 0 bridgehead atoms. The van der Waals surface area contributed by atoms with Crippen molar-refractivity contribution in [1.82, 2.24) is 14.6 Å². The minimum atomic E-state index is -3.52. The Morgan fingerprint density at radius 2 is 2.00 bits per heavy atom. The van der Waals surface area contributed by atoms with Crippen LogP contribution in [0.1, 0.15) is 31.4 Å². The maximum Gasteiger partial charge on any atom is 0.242 e. The van der Waals surface area contributed by atoms with Gasteiger partial charge in [-0.2, -0.15) is 0 Å². The maximum absolute atomic E-state index is 12.4. The van der Waals surface area contributed by atoms with Gasteiger partial charge in [0.1, 0.15) is 4.90 Å². The van der Waals surface area contributed by atoms with Gasteiger partial charge >= 0.3 is 0 Å². The van der Waals surface area contributed by atoms with Crippen molar-refractivity contribution in [3.05, 3.63) is 24.0 Å². The van der Waals surface area contributed by atoms with Gasteiger partial charge in [-0.05, 0) is 39.1 Å². The predicted octanol–water partition coefficient (Wildman–Crippen LogP) is 0.693. The molecule has 0 radical (unpaired) electrons. The SMILES string of the molecule is CN(C)C1(CNS(=O)(=O)c2ccc(CN)nc2)CCCC1. The lowest BCUT2D eigenvalue weighted by Gasteiger charge is -2.36. The first-order valence-electron chi connectivity index (χ1n) is 7.22. The zero-order valence-corrected chi connectivity index (χ0v) is 13.5. The van der Waals surface area contributed by atoms with Gasteiger partial charge < -0.3 is 10.6 Å². The summed E-state index contributed by atoms with van der Waals surface area (Å²) in [6.45, 7) is 0.735. The molecule has 21 heavy (non-hydrogen) atoms. The van der Waals surface area contributed by atoms with Gasteiger partial charge in [0, 0.05) is 24.8 Å². The second-order valence-corrected chi connectivity index (χ2v) is 7.61. The fourth-order valence-corrected chi connectivity index (χ4v) is 3.88. The topological polar surface area (TPSA) is 88.3 Å². The third kappa shape index (κ3) is 3.60. The average molecular weight is 312 g/mol. The largest absolute Gasteiger partial charge is 0.325 e. The first-order valence-corrected chi connectivity index (χ1v) is 8.70. The summed E-state index contributed by atoms with van der Waals surface area (Å²) in [5, 5.41) is 0. The highest BCUT2D eigenvalue weighted by Gasteiger charge is 2.36. The number of likely N-dealkylation sites (N-methyl/N-ethyl adjacent to an activating group) is 1. The molecule has 0 spiro atoms. The predicted molar refractivity (Wildman–Crippen MR) is 82.2 cm³/mol. The van der Waals surface area contributed by atoms with E-state index in [1.54, 1.807) is 12.1 Å². The molecular weight excluding hydrogens is 288 g/mol. The van der Waals surface area contributed by atoms with Crippen molar-refractivity contribution in [2.45, 2.75) is 42.7 Å². The number of aromatic nitrogens is 1. The number of nitrogens with one attached hydrogen (secondary N) is 1. The molecule has 1 saturated carbocycles. The van der Waals surface area contributed by atoms with Gasteiger partial charge in [-0.25, -0.2) is 13.1 Å². The fraction of sp³-hybridized carbons (Fsp3) is 0.643. The van der Waals surface area contributed by atoms with Gasteiger partial charge in [0.2, 0.25) is 10.0 Å². The van der Waals surface area contributed by atoms with Gasteiger partial charge in [-0.1, -0.05) is 12.8 Å². The van der Waals surface area contributed by atoms with Crippen molar-refractivity contribution >= 4 is 10.0 Å². The van der Waals surface area contributed by atoms with Gasteiger partial charge in [-0.15, -0.1) is 0 Å². The number of hydrogen-bond donors (Lipinski definition) is 2. The Bertz CT molecular complexity index is 563. The van der Waals surface area contributed by atoms with Crippen molar-refractivity contribution in [3.8, 4) is 0 Å². The van der Waals surface area contributed by atoms with Gasteiger partial charge in [0.25, 0.3) is 0 Å². The van der Waals surface area contributed by atoms with Crippen LogP contribution in [-0.4, -0.2) is 44.5 Å². The molecule has 1 fully saturated rings. The number of hydrogen-bond acceptors (Lipinski definition) is 5. The summed E-state index contributed by atoms with van der Waals surface area (Å²) in [7, 11) is 0.498. The van der Waals surface area contributed by atoms with Crippen LogP contribution in [-0.2, 0) is 16.6 Å². The zero-order valence-electron chi connectivity index (χ0n) is 12.7. The molecule has 0 amide bonds. The molecule has 2 rings (SSSR count). The lowest BCUT2D eigenvalue weighted by Crippen LogP contribution is -2.50. The Morgan fingerprint density at radius 1 is 1.33 bits per heavy atom. The third-order valence-corrected chi connectivity index (χ3v) is 5.78.